The second-order valence-electron chi connectivity index (χ2n) is 5.48. The lowest BCUT2D eigenvalue weighted by Crippen LogP contribution is -2.31. The standard InChI is InChI=1S/C16H22N4O2S/c1-11(8-17)9-18-15(21)6-7-23-10-14-19-13-5-3-2-4-12(13)16(22)20-14/h2-5,11H,6-10,17H2,1H3,(H,18,21)(H,19,20,22). The van der Waals surface area contributed by atoms with Crippen molar-refractivity contribution >= 4 is 28.6 Å². The zero-order chi connectivity index (χ0) is 16.7. The van der Waals surface area contributed by atoms with Crippen molar-refractivity contribution in [3.05, 3.63) is 40.4 Å². The lowest BCUT2D eigenvalue weighted by molar-refractivity contribution is -0.120. The summed E-state index contributed by atoms with van der Waals surface area (Å²) in [5, 5.41) is 3.45. The van der Waals surface area contributed by atoms with Crippen LogP contribution in [0.3, 0.4) is 0 Å². The van der Waals surface area contributed by atoms with Crippen LogP contribution in [0.5, 0.6) is 0 Å². The highest BCUT2D eigenvalue weighted by Gasteiger charge is 2.06. The van der Waals surface area contributed by atoms with Crippen LogP contribution >= 0.6 is 11.8 Å². The number of nitrogens with zero attached hydrogens (tertiary/aromatic N) is 1. The normalized spacial score (nSPS) is 12.3. The van der Waals surface area contributed by atoms with E-state index in [0.717, 1.165) is 0 Å². The third kappa shape index (κ3) is 5.37. The highest BCUT2D eigenvalue weighted by molar-refractivity contribution is 7.98. The minimum atomic E-state index is -0.125. The average molecular weight is 334 g/mol. The fourth-order valence-electron chi connectivity index (χ4n) is 2.00. The van der Waals surface area contributed by atoms with E-state index in [9.17, 15) is 9.59 Å². The molecular formula is C16H22N4O2S. The predicted molar refractivity (Wildman–Crippen MR) is 94.4 cm³/mol. The van der Waals surface area contributed by atoms with Gasteiger partial charge in [0.1, 0.15) is 5.82 Å². The first-order valence-corrected chi connectivity index (χ1v) is 8.78. The molecule has 0 bridgehead atoms. The third-order valence-corrected chi connectivity index (χ3v) is 4.39. The van der Waals surface area contributed by atoms with Crippen molar-refractivity contribution in [3.63, 3.8) is 0 Å². The Kier molecular flexibility index (Phi) is 6.61. The number of amides is 1. The van der Waals surface area contributed by atoms with Crippen molar-refractivity contribution in [3.8, 4) is 0 Å². The van der Waals surface area contributed by atoms with Crippen molar-refractivity contribution in [1.29, 1.82) is 0 Å². The number of nitrogens with one attached hydrogen (secondary N) is 2. The first-order valence-electron chi connectivity index (χ1n) is 7.62. The van der Waals surface area contributed by atoms with E-state index in [-0.39, 0.29) is 11.5 Å². The summed E-state index contributed by atoms with van der Waals surface area (Å²) in [4.78, 5) is 30.8. The molecule has 0 saturated carbocycles. The van der Waals surface area contributed by atoms with E-state index >= 15 is 0 Å². The number of hydrogen-bond acceptors (Lipinski definition) is 5. The van der Waals surface area contributed by atoms with Gasteiger partial charge in [0.2, 0.25) is 5.91 Å². The van der Waals surface area contributed by atoms with Gasteiger partial charge >= 0.3 is 0 Å². The van der Waals surface area contributed by atoms with Crippen LogP contribution in [0.1, 0.15) is 19.2 Å². The molecule has 1 atom stereocenters. The van der Waals surface area contributed by atoms with E-state index in [1.54, 1.807) is 17.8 Å². The lowest BCUT2D eigenvalue weighted by atomic mass is 10.2. The molecule has 4 N–H and O–H groups in total. The van der Waals surface area contributed by atoms with Gasteiger partial charge in [0.05, 0.1) is 16.7 Å². The van der Waals surface area contributed by atoms with Gasteiger partial charge in [0, 0.05) is 18.7 Å². The van der Waals surface area contributed by atoms with Crippen molar-refractivity contribution in [2.75, 3.05) is 18.8 Å². The Balaban J connectivity index is 1.78. The molecule has 0 aliphatic heterocycles. The number of carbonyl (C=O) groups excluding carboxylic acids is 1. The predicted octanol–water partition coefficient (Wildman–Crippen LogP) is 1.26. The molecular weight excluding hydrogens is 312 g/mol. The van der Waals surface area contributed by atoms with Crippen LogP contribution in [0.2, 0.25) is 0 Å². The Hall–Kier alpha value is -1.86. The first-order chi connectivity index (χ1) is 11.1. The molecule has 1 amide bonds. The molecule has 0 saturated heterocycles. The highest BCUT2D eigenvalue weighted by Crippen LogP contribution is 2.11. The fraction of sp³-hybridized carbons (Fsp3) is 0.438. The van der Waals surface area contributed by atoms with Gasteiger partial charge in [-0.1, -0.05) is 19.1 Å². The van der Waals surface area contributed by atoms with Crippen LogP contribution in [0.4, 0.5) is 0 Å². The minimum Gasteiger partial charge on any atom is -0.356 e. The van der Waals surface area contributed by atoms with Crippen LogP contribution in [0.15, 0.2) is 29.1 Å². The summed E-state index contributed by atoms with van der Waals surface area (Å²) >= 11 is 1.57. The molecule has 0 spiro atoms. The van der Waals surface area contributed by atoms with Crippen molar-refractivity contribution in [1.82, 2.24) is 15.3 Å². The molecule has 2 rings (SSSR count). The summed E-state index contributed by atoms with van der Waals surface area (Å²) < 4.78 is 0. The van der Waals surface area contributed by atoms with Crippen LogP contribution in [-0.4, -0.2) is 34.7 Å². The van der Waals surface area contributed by atoms with E-state index in [4.69, 9.17) is 5.73 Å². The number of hydrogen-bond donors (Lipinski definition) is 3. The summed E-state index contributed by atoms with van der Waals surface area (Å²) in [5.74, 6) is 2.21. The van der Waals surface area contributed by atoms with Gasteiger partial charge < -0.3 is 16.0 Å². The first kappa shape index (κ1) is 17.5. The molecule has 1 heterocycles. The maximum absolute atomic E-state index is 11.9. The minimum absolute atomic E-state index is 0.0257. The summed E-state index contributed by atoms with van der Waals surface area (Å²) in [7, 11) is 0. The largest absolute Gasteiger partial charge is 0.356 e. The van der Waals surface area contributed by atoms with Crippen molar-refractivity contribution in [2.24, 2.45) is 11.7 Å². The number of carbonyl (C=O) groups is 1. The summed E-state index contributed by atoms with van der Waals surface area (Å²) in [6.45, 7) is 3.17. The van der Waals surface area contributed by atoms with E-state index in [0.29, 0.717) is 53.7 Å². The Morgan fingerprint density at radius 1 is 1.43 bits per heavy atom. The molecule has 23 heavy (non-hydrogen) atoms. The summed E-state index contributed by atoms with van der Waals surface area (Å²) in [6.07, 6.45) is 0.444. The second kappa shape index (κ2) is 8.69. The average Bonchev–Trinajstić information content (AvgIpc) is 2.56. The number of aromatic nitrogens is 2. The zero-order valence-electron chi connectivity index (χ0n) is 13.2. The molecule has 6 nitrogen and oxygen atoms in total. The van der Waals surface area contributed by atoms with E-state index < -0.39 is 0 Å². The van der Waals surface area contributed by atoms with Crippen LogP contribution in [0, 0.1) is 5.92 Å². The van der Waals surface area contributed by atoms with Gasteiger partial charge in [-0.15, -0.1) is 0 Å². The van der Waals surface area contributed by atoms with E-state index in [1.807, 2.05) is 25.1 Å². The quantitative estimate of drug-likeness (QED) is 0.631. The van der Waals surface area contributed by atoms with Gasteiger partial charge in [0.15, 0.2) is 0 Å². The Bertz CT molecular complexity index is 717. The maximum Gasteiger partial charge on any atom is 0.258 e. The lowest BCUT2D eigenvalue weighted by Gasteiger charge is -2.09. The van der Waals surface area contributed by atoms with Gasteiger partial charge in [-0.05, 0) is 24.6 Å². The molecule has 0 aliphatic carbocycles. The van der Waals surface area contributed by atoms with Crippen molar-refractivity contribution in [2.45, 2.75) is 19.1 Å². The van der Waals surface area contributed by atoms with E-state index in [2.05, 4.69) is 15.3 Å². The SMILES string of the molecule is CC(CN)CNC(=O)CCSCc1nc2ccccc2c(=O)[nH]1. The molecule has 1 aromatic heterocycles. The fourth-order valence-corrected chi connectivity index (χ4v) is 2.80. The number of fused-ring (bicyclic) bond motifs is 1. The summed E-state index contributed by atoms with van der Waals surface area (Å²) in [5.41, 5.74) is 6.07. The number of benzene rings is 1. The van der Waals surface area contributed by atoms with Crippen LogP contribution in [0.25, 0.3) is 10.9 Å². The molecule has 2 aromatic rings. The summed E-state index contributed by atoms with van der Waals surface area (Å²) in [6, 6.07) is 7.26. The molecule has 0 aliphatic rings. The zero-order valence-corrected chi connectivity index (χ0v) is 14.0. The smallest absolute Gasteiger partial charge is 0.258 e. The Morgan fingerprint density at radius 2 is 2.22 bits per heavy atom. The molecule has 124 valence electrons. The highest BCUT2D eigenvalue weighted by atomic mass is 32.2. The van der Waals surface area contributed by atoms with Crippen LogP contribution < -0.4 is 16.6 Å². The number of nitrogens with two attached hydrogens (primary N) is 1. The van der Waals surface area contributed by atoms with Crippen molar-refractivity contribution < 1.29 is 4.79 Å². The monoisotopic (exact) mass is 334 g/mol. The molecule has 0 fully saturated rings. The Morgan fingerprint density at radius 3 is 3.00 bits per heavy atom. The van der Waals surface area contributed by atoms with Gasteiger partial charge in [-0.25, -0.2) is 4.98 Å². The maximum atomic E-state index is 11.9. The number of thioether (sulfide) groups is 1. The molecule has 1 unspecified atom stereocenters. The van der Waals surface area contributed by atoms with Crippen LogP contribution in [-0.2, 0) is 10.5 Å². The number of para-hydroxylation sites is 1. The molecule has 7 heteroatoms. The number of rotatable bonds is 8. The third-order valence-electron chi connectivity index (χ3n) is 3.42. The number of H-pyrrole nitrogens is 1. The molecule has 1 aromatic carbocycles. The molecule has 0 radical (unpaired) electrons. The van der Waals surface area contributed by atoms with E-state index in [1.165, 1.54) is 0 Å². The topological polar surface area (TPSA) is 101 Å². The number of aromatic amines is 1. The second-order valence-corrected chi connectivity index (χ2v) is 6.58. The Labute approximate surface area is 139 Å². The van der Waals surface area contributed by atoms with Gasteiger partial charge in [-0.2, -0.15) is 11.8 Å². The van der Waals surface area contributed by atoms with Gasteiger partial charge in [0.25, 0.3) is 5.56 Å². The van der Waals surface area contributed by atoms with Gasteiger partial charge in [-0.3, -0.25) is 9.59 Å².